The highest BCUT2D eigenvalue weighted by Gasteiger charge is 2.41. The lowest BCUT2D eigenvalue weighted by atomic mass is 10.0. The number of benzene rings is 2. The number of thioether (sulfide) groups is 1. The van der Waals surface area contributed by atoms with Crippen LogP contribution in [0.25, 0.3) is 5.57 Å². The van der Waals surface area contributed by atoms with Gasteiger partial charge in [0, 0.05) is 11.3 Å². The van der Waals surface area contributed by atoms with E-state index in [1.54, 1.807) is 24.3 Å². The second kappa shape index (κ2) is 8.12. The molecule has 0 aromatic heterocycles. The maximum Gasteiger partial charge on any atom is 0.272 e. The largest absolute Gasteiger partial charge is 0.496 e. The van der Waals surface area contributed by atoms with E-state index >= 15 is 0 Å². The molecular formula is C19H15ClFNO4S. The maximum absolute atomic E-state index is 13.5. The highest BCUT2D eigenvalue weighted by Crippen LogP contribution is 2.41. The van der Waals surface area contributed by atoms with Crippen LogP contribution < -0.4 is 9.64 Å². The van der Waals surface area contributed by atoms with Crippen molar-refractivity contribution < 1.29 is 23.8 Å². The number of rotatable bonds is 6. The van der Waals surface area contributed by atoms with Crippen molar-refractivity contribution >= 4 is 46.4 Å². The Kier molecular flexibility index (Phi) is 5.84. The minimum Gasteiger partial charge on any atom is -0.496 e. The number of hydrogen-bond acceptors (Lipinski definition) is 5. The van der Waals surface area contributed by atoms with Crippen LogP contribution in [0.2, 0.25) is 5.02 Å². The van der Waals surface area contributed by atoms with Gasteiger partial charge in [-0.1, -0.05) is 29.8 Å². The molecule has 8 heteroatoms. The standard InChI is InChI=1S/C19H15ClFNO4S/c1-26-15-5-3-2-4-12(15)16-17(27-9-8-23)19(25)22(18(16)24)11-6-7-14(21)13(20)10-11/h2-7,10,23H,8-9H2,1H3. The fourth-order valence-corrected chi connectivity index (χ4v) is 3.77. The molecule has 3 rings (SSSR count). The van der Waals surface area contributed by atoms with Crippen molar-refractivity contribution in [3.63, 3.8) is 0 Å². The van der Waals surface area contributed by atoms with Crippen LogP contribution in [-0.2, 0) is 9.59 Å². The number of anilines is 1. The molecule has 1 aliphatic heterocycles. The number of carbonyl (C=O) groups is 2. The summed E-state index contributed by atoms with van der Waals surface area (Å²) in [6.45, 7) is -0.156. The molecule has 0 fully saturated rings. The molecule has 0 unspecified atom stereocenters. The second-order valence-electron chi connectivity index (χ2n) is 5.52. The van der Waals surface area contributed by atoms with E-state index in [2.05, 4.69) is 0 Å². The molecule has 0 atom stereocenters. The van der Waals surface area contributed by atoms with Gasteiger partial charge in [-0.3, -0.25) is 9.59 Å². The number of para-hydroxylation sites is 1. The molecule has 0 spiro atoms. The molecule has 1 N–H and O–H groups in total. The van der Waals surface area contributed by atoms with Crippen molar-refractivity contribution in [1.82, 2.24) is 0 Å². The van der Waals surface area contributed by atoms with E-state index in [9.17, 15) is 14.0 Å². The van der Waals surface area contributed by atoms with Crippen molar-refractivity contribution in [3.8, 4) is 5.75 Å². The summed E-state index contributed by atoms with van der Waals surface area (Å²) in [6.07, 6.45) is 0. The number of aliphatic hydroxyl groups is 1. The lowest BCUT2D eigenvalue weighted by molar-refractivity contribution is -0.119. The van der Waals surface area contributed by atoms with Gasteiger partial charge in [0.15, 0.2) is 0 Å². The fourth-order valence-electron chi connectivity index (χ4n) is 2.74. The summed E-state index contributed by atoms with van der Waals surface area (Å²) >= 11 is 6.89. The number of carbonyl (C=O) groups excluding carboxylic acids is 2. The van der Waals surface area contributed by atoms with Crippen LogP contribution in [0, 0.1) is 5.82 Å². The minimum absolute atomic E-state index is 0.156. The van der Waals surface area contributed by atoms with E-state index in [-0.39, 0.29) is 33.5 Å². The number of imide groups is 1. The van der Waals surface area contributed by atoms with Crippen LogP contribution in [0.15, 0.2) is 47.4 Å². The molecule has 1 heterocycles. The first-order valence-corrected chi connectivity index (χ1v) is 9.31. The molecule has 0 bridgehead atoms. The molecular weight excluding hydrogens is 393 g/mol. The van der Waals surface area contributed by atoms with Gasteiger partial charge >= 0.3 is 0 Å². The summed E-state index contributed by atoms with van der Waals surface area (Å²) in [5.74, 6) is -1.08. The van der Waals surface area contributed by atoms with E-state index in [1.807, 2.05) is 0 Å². The number of ether oxygens (including phenoxy) is 1. The fraction of sp³-hybridized carbons (Fsp3) is 0.158. The number of methoxy groups -OCH3 is 1. The zero-order valence-corrected chi connectivity index (χ0v) is 15.8. The molecule has 0 saturated heterocycles. The first-order valence-electron chi connectivity index (χ1n) is 7.94. The highest BCUT2D eigenvalue weighted by atomic mass is 35.5. The lowest BCUT2D eigenvalue weighted by Crippen LogP contribution is -2.31. The predicted octanol–water partition coefficient (Wildman–Crippen LogP) is 3.50. The summed E-state index contributed by atoms with van der Waals surface area (Å²) < 4.78 is 18.8. The van der Waals surface area contributed by atoms with E-state index in [4.69, 9.17) is 21.4 Å². The Hall–Kier alpha value is -2.35. The average Bonchev–Trinajstić information content (AvgIpc) is 2.92. The third-order valence-electron chi connectivity index (χ3n) is 3.92. The second-order valence-corrected chi connectivity index (χ2v) is 7.03. The number of halogens is 2. The van der Waals surface area contributed by atoms with Crippen molar-refractivity contribution in [2.24, 2.45) is 0 Å². The summed E-state index contributed by atoms with van der Waals surface area (Å²) in [5.41, 5.74) is 0.814. The van der Waals surface area contributed by atoms with Crippen molar-refractivity contribution in [2.45, 2.75) is 0 Å². The first kappa shape index (κ1) is 19.4. The normalized spacial score (nSPS) is 14.3. The third-order valence-corrected chi connectivity index (χ3v) is 5.26. The molecule has 2 amide bonds. The zero-order chi connectivity index (χ0) is 19.6. The van der Waals surface area contributed by atoms with Crippen LogP contribution >= 0.6 is 23.4 Å². The van der Waals surface area contributed by atoms with E-state index in [1.165, 1.54) is 19.2 Å². The Bertz CT molecular complexity index is 947. The Morgan fingerprint density at radius 3 is 2.59 bits per heavy atom. The Morgan fingerprint density at radius 1 is 1.19 bits per heavy atom. The van der Waals surface area contributed by atoms with Gasteiger partial charge in [-0.2, -0.15) is 0 Å². The van der Waals surface area contributed by atoms with Gasteiger partial charge in [0.25, 0.3) is 11.8 Å². The molecule has 2 aromatic rings. The Balaban J connectivity index is 2.13. The number of nitrogens with zero attached hydrogens (tertiary/aromatic N) is 1. The van der Waals surface area contributed by atoms with Gasteiger partial charge in [-0.15, -0.1) is 11.8 Å². The highest BCUT2D eigenvalue weighted by molar-refractivity contribution is 8.04. The SMILES string of the molecule is COc1ccccc1C1=C(SCCO)C(=O)N(c2ccc(F)c(Cl)c2)C1=O. The quantitative estimate of drug-likeness (QED) is 0.742. The Labute approximate surface area is 164 Å². The number of amides is 2. The van der Waals surface area contributed by atoms with Gasteiger partial charge in [0.05, 0.1) is 34.9 Å². The summed E-state index contributed by atoms with van der Waals surface area (Å²) in [5, 5.41) is 8.96. The smallest absolute Gasteiger partial charge is 0.272 e. The topological polar surface area (TPSA) is 66.8 Å². The van der Waals surface area contributed by atoms with Gasteiger partial charge in [-0.25, -0.2) is 9.29 Å². The van der Waals surface area contributed by atoms with E-state index in [0.717, 1.165) is 22.7 Å². The maximum atomic E-state index is 13.5. The molecule has 140 valence electrons. The third kappa shape index (κ3) is 3.58. The first-order chi connectivity index (χ1) is 13.0. The number of hydrogen-bond donors (Lipinski definition) is 1. The van der Waals surface area contributed by atoms with Gasteiger partial charge in [-0.05, 0) is 24.3 Å². The van der Waals surface area contributed by atoms with Gasteiger partial charge in [0.2, 0.25) is 0 Å². The minimum atomic E-state index is -0.646. The zero-order valence-electron chi connectivity index (χ0n) is 14.2. The molecule has 0 saturated carbocycles. The van der Waals surface area contributed by atoms with Crippen molar-refractivity contribution in [1.29, 1.82) is 0 Å². The monoisotopic (exact) mass is 407 g/mol. The van der Waals surface area contributed by atoms with Crippen LogP contribution in [0.3, 0.4) is 0 Å². The molecule has 0 radical (unpaired) electrons. The lowest BCUT2D eigenvalue weighted by Gasteiger charge is -2.16. The summed E-state index contributed by atoms with van der Waals surface area (Å²) in [7, 11) is 1.47. The van der Waals surface area contributed by atoms with Gasteiger partial charge < -0.3 is 9.84 Å². The summed E-state index contributed by atoms with van der Waals surface area (Å²) in [4.78, 5) is 27.2. The summed E-state index contributed by atoms with van der Waals surface area (Å²) in [6, 6.07) is 10.5. The van der Waals surface area contributed by atoms with Crippen LogP contribution in [0.1, 0.15) is 5.56 Å². The molecule has 27 heavy (non-hydrogen) atoms. The predicted molar refractivity (Wildman–Crippen MR) is 103 cm³/mol. The molecule has 2 aromatic carbocycles. The van der Waals surface area contributed by atoms with Gasteiger partial charge in [0.1, 0.15) is 11.6 Å². The van der Waals surface area contributed by atoms with Crippen LogP contribution in [-0.4, -0.2) is 36.4 Å². The molecule has 1 aliphatic rings. The molecule has 0 aliphatic carbocycles. The van der Waals surface area contributed by atoms with Crippen molar-refractivity contribution in [3.05, 3.63) is 63.8 Å². The van der Waals surface area contributed by atoms with Crippen LogP contribution in [0.5, 0.6) is 5.75 Å². The number of aliphatic hydroxyl groups excluding tert-OH is 1. The van der Waals surface area contributed by atoms with E-state index < -0.39 is 17.6 Å². The Morgan fingerprint density at radius 2 is 1.93 bits per heavy atom. The average molecular weight is 408 g/mol. The molecule has 5 nitrogen and oxygen atoms in total. The van der Waals surface area contributed by atoms with Crippen LogP contribution in [0.4, 0.5) is 10.1 Å². The van der Waals surface area contributed by atoms with E-state index in [0.29, 0.717) is 11.3 Å². The van der Waals surface area contributed by atoms with Crippen molar-refractivity contribution in [2.75, 3.05) is 24.4 Å².